The van der Waals surface area contributed by atoms with Crippen molar-refractivity contribution in [3.05, 3.63) is 41.6 Å². The van der Waals surface area contributed by atoms with Crippen LogP contribution in [0.4, 0.5) is 14.6 Å². The molecule has 0 radical (unpaired) electrons. The van der Waals surface area contributed by atoms with E-state index in [9.17, 15) is 8.78 Å². The van der Waals surface area contributed by atoms with Crippen LogP contribution in [0, 0.1) is 18.6 Å². The lowest BCUT2D eigenvalue weighted by Crippen LogP contribution is -2.03. The first kappa shape index (κ1) is 9.64. The first-order valence-corrected chi connectivity index (χ1v) is 4.36. The van der Waals surface area contributed by atoms with Gasteiger partial charge in [-0.15, -0.1) is 0 Å². The maximum atomic E-state index is 13.4. The highest BCUT2D eigenvalue weighted by Crippen LogP contribution is 2.18. The van der Waals surface area contributed by atoms with E-state index >= 15 is 0 Å². The number of halogens is 2. The van der Waals surface area contributed by atoms with Crippen LogP contribution in [0.15, 0.2) is 24.3 Å². The molecular weight excluding hydrogens is 200 g/mol. The average Bonchev–Trinajstić information content (AvgIpc) is 2.50. The minimum absolute atomic E-state index is 0.0594. The highest BCUT2D eigenvalue weighted by molar-refractivity contribution is 5.39. The molecule has 15 heavy (non-hydrogen) atoms. The topological polar surface area (TPSA) is 43.8 Å². The van der Waals surface area contributed by atoms with Crippen LogP contribution in [0.25, 0.3) is 5.69 Å². The molecule has 2 N–H and O–H groups in total. The third-order valence-corrected chi connectivity index (χ3v) is 2.07. The summed E-state index contributed by atoms with van der Waals surface area (Å²) in [6, 6.07) is 5.51. The van der Waals surface area contributed by atoms with Crippen molar-refractivity contribution in [2.24, 2.45) is 0 Å². The molecule has 5 heteroatoms. The molecule has 0 aliphatic carbocycles. The Morgan fingerprint density at radius 3 is 2.67 bits per heavy atom. The molecule has 0 saturated heterocycles. The van der Waals surface area contributed by atoms with Crippen molar-refractivity contribution in [2.75, 3.05) is 5.73 Å². The van der Waals surface area contributed by atoms with E-state index in [2.05, 4.69) is 5.10 Å². The largest absolute Gasteiger partial charge is 0.382 e. The van der Waals surface area contributed by atoms with E-state index in [1.54, 1.807) is 13.0 Å². The molecule has 78 valence electrons. The third-order valence-electron chi connectivity index (χ3n) is 2.07. The summed E-state index contributed by atoms with van der Waals surface area (Å²) in [5.74, 6) is -1.55. The molecule has 0 fully saturated rings. The SMILES string of the molecule is Cc1cc(N)nn1-c1cccc(F)c1F. The van der Waals surface area contributed by atoms with E-state index in [1.807, 2.05) is 0 Å². The van der Waals surface area contributed by atoms with Crippen LogP contribution < -0.4 is 5.73 Å². The van der Waals surface area contributed by atoms with Gasteiger partial charge in [0.05, 0.1) is 0 Å². The zero-order valence-corrected chi connectivity index (χ0v) is 8.04. The molecular formula is C10H9F2N3. The van der Waals surface area contributed by atoms with Gasteiger partial charge >= 0.3 is 0 Å². The number of rotatable bonds is 1. The van der Waals surface area contributed by atoms with Crippen LogP contribution in [-0.4, -0.2) is 9.78 Å². The summed E-state index contributed by atoms with van der Waals surface area (Å²) in [6.07, 6.45) is 0. The third kappa shape index (κ3) is 1.56. The molecule has 1 heterocycles. The Bertz CT molecular complexity index is 505. The summed E-state index contributed by atoms with van der Waals surface area (Å²) in [5, 5.41) is 3.87. The summed E-state index contributed by atoms with van der Waals surface area (Å²) >= 11 is 0. The van der Waals surface area contributed by atoms with Gasteiger partial charge in [-0.1, -0.05) is 6.07 Å². The number of nitrogens with zero attached hydrogens (tertiary/aromatic N) is 2. The number of aryl methyl sites for hydroxylation is 1. The fourth-order valence-electron chi connectivity index (χ4n) is 1.40. The van der Waals surface area contributed by atoms with E-state index in [-0.39, 0.29) is 11.5 Å². The van der Waals surface area contributed by atoms with Crippen molar-refractivity contribution < 1.29 is 8.78 Å². The number of hydrogen-bond acceptors (Lipinski definition) is 2. The minimum Gasteiger partial charge on any atom is -0.382 e. The van der Waals surface area contributed by atoms with Gasteiger partial charge in [-0.25, -0.2) is 13.5 Å². The Balaban J connectivity index is 2.64. The van der Waals surface area contributed by atoms with Crippen LogP contribution in [0.5, 0.6) is 0 Å². The van der Waals surface area contributed by atoms with Gasteiger partial charge in [-0.2, -0.15) is 5.10 Å². The molecule has 1 aromatic heterocycles. The van der Waals surface area contributed by atoms with E-state index in [0.29, 0.717) is 5.69 Å². The van der Waals surface area contributed by atoms with Gasteiger partial charge in [0, 0.05) is 11.8 Å². The lowest BCUT2D eigenvalue weighted by atomic mass is 10.3. The summed E-state index contributed by atoms with van der Waals surface area (Å²) in [5.41, 5.74) is 6.17. The second kappa shape index (κ2) is 3.34. The summed E-state index contributed by atoms with van der Waals surface area (Å²) in [6.45, 7) is 1.72. The molecule has 0 aliphatic heterocycles. The van der Waals surface area contributed by atoms with E-state index in [0.717, 1.165) is 6.07 Å². The van der Waals surface area contributed by atoms with Crippen LogP contribution in [0.1, 0.15) is 5.69 Å². The Kier molecular flexibility index (Phi) is 2.15. The second-order valence-corrected chi connectivity index (χ2v) is 3.20. The predicted octanol–water partition coefficient (Wildman–Crippen LogP) is 2.04. The molecule has 2 aromatic rings. The molecule has 0 unspecified atom stereocenters. The molecule has 0 amide bonds. The standard InChI is InChI=1S/C10H9F2N3/c1-6-5-9(13)14-15(6)8-4-2-3-7(11)10(8)12/h2-5H,1H3,(H2,13,14). The number of anilines is 1. The molecule has 0 spiro atoms. The van der Waals surface area contributed by atoms with Crippen LogP contribution in [-0.2, 0) is 0 Å². The number of aromatic nitrogens is 2. The predicted molar refractivity (Wildman–Crippen MR) is 52.6 cm³/mol. The van der Waals surface area contributed by atoms with Gasteiger partial charge in [0.25, 0.3) is 0 Å². The van der Waals surface area contributed by atoms with Crippen molar-refractivity contribution >= 4 is 5.82 Å². The van der Waals surface area contributed by atoms with E-state index in [4.69, 9.17) is 5.73 Å². The zero-order valence-electron chi connectivity index (χ0n) is 8.04. The molecule has 0 atom stereocenters. The van der Waals surface area contributed by atoms with E-state index in [1.165, 1.54) is 16.8 Å². The minimum atomic E-state index is -0.927. The summed E-state index contributed by atoms with van der Waals surface area (Å²) < 4.78 is 27.6. The van der Waals surface area contributed by atoms with Gasteiger partial charge < -0.3 is 5.73 Å². The summed E-state index contributed by atoms with van der Waals surface area (Å²) in [4.78, 5) is 0. The summed E-state index contributed by atoms with van der Waals surface area (Å²) in [7, 11) is 0. The van der Waals surface area contributed by atoms with Gasteiger partial charge in [0.1, 0.15) is 11.5 Å². The lowest BCUT2D eigenvalue weighted by Gasteiger charge is -2.05. The van der Waals surface area contributed by atoms with Crippen molar-refractivity contribution in [3.63, 3.8) is 0 Å². The first-order valence-electron chi connectivity index (χ1n) is 4.36. The fourth-order valence-corrected chi connectivity index (χ4v) is 1.40. The highest BCUT2D eigenvalue weighted by atomic mass is 19.2. The fraction of sp³-hybridized carbons (Fsp3) is 0.100. The first-order chi connectivity index (χ1) is 7.09. The van der Waals surface area contributed by atoms with Crippen LogP contribution in [0.2, 0.25) is 0 Å². The quantitative estimate of drug-likeness (QED) is 0.781. The maximum absolute atomic E-state index is 13.4. The van der Waals surface area contributed by atoms with Crippen LogP contribution in [0.3, 0.4) is 0 Å². The van der Waals surface area contributed by atoms with Crippen molar-refractivity contribution in [3.8, 4) is 5.69 Å². The second-order valence-electron chi connectivity index (χ2n) is 3.20. The van der Waals surface area contributed by atoms with Crippen molar-refractivity contribution in [1.82, 2.24) is 9.78 Å². The number of benzene rings is 1. The number of nitrogens with two attached hydrogens (primary N) is 1. The smallest absolute Gasteiger partial charge is 0.184 e. The molecule has 0 bridgehead atoms. The van der Waals surface area contributed by atoms with E-state index < -0.39 is 11.6 Å². The average molecular weight is 209 g/mol. The molecule has 0 saturated carbocycles. The Labute approximate surface area is 85.1 Å². The van der Waals surface area contributed by atoms with Crippen molar-refractivity contribution in [1.29, 1.82) is 0 Å². The van der Waals surface area contributed by atoms with Crippen molar-refractivity contribution in [2.45, 2.75) is 6.92 Å². The van der Waals surface area contributed by atoms with Gasteiger partial charge in [0.2, 0.25) is 0 Å². The zero-order chi connectivity index (χ0) is 11.0. The number of hydrogen-bond donors (Lipinski definition) is 1. The molecule has 2 rings (SSSR count). The van der Waals surface area contributed by atoms with Gasteiger partial charge in [0.15, 0.2) is 11.6 Å². The van der Waals surface area contributed by atoms with Crippen LogP contribution >= 0.6 is 0 Å². The van der Waals surface area contributed by atoms with Gasteiger partial charge in [-0.05, 0) is 19.1 Å². The Morgan fingerprint density at radius 1 is 1.33 bits per heavy atom. The normalized spacial score (nSPS) is 10.6. The lowest BCUT2D eigenvalue weighted by molar-refractivity contribution is 0.501. The molecule has 1 aromatic carbocycles. The Hall–Kier alpha value is -1.91. The molecule has 3 nitrogen and oxygen atoms in total. The van der Waals surface area contributed by atoms with Gasteiger partial charge in [-0.3, -0.25) is 0 Å². The monoisotopic (exact) mass is 209 g/mol. The number of nitrogen functional groups attached to an aromatic ring is 1. The maximum Gasteiger partial charge on any atom is 0.184 e. The molecule has 0 aliphatic rings. The Morgan fingerprint density at radius 2 is 2.07 bits per heavy atom. The highest BCUT2D eigenvalue weighted by Gasteiger charge is 2.12.